The summed E-state index contributed by atoms with van der Waals surface area (Å²) < 4.78 is 8.90. The Hall–Kier alpha value is -2.90. The van der Waals surface area contributed by atoms with Crippen LogP contribution in [0.5, 0.6) is 0 Å². The van der Waals surface area contributed by atoms with E-state index in [-0.39, 0.29) is 12.1 Å². The van der Waals surface area contributed by atoms with E-state index < -0.39 is 0 Å². The number of benzene rings is 1. The molecule has 0 unspecified atom stereocenters. The third-order valence-electron chi connectivity index (χ3n) is 5.59. The Kier molecular flexibility index (Phi) is 5.38. The molecule has 3 aromatic heterocycles. The van der Waals surface area contributed by atoms with Crippen LogP contribution < -0.4 is 10.2 Å². The van der Waals surface area contributed by atoms with Gasteiger partial charge in [0.2, 0.25) is 0 Å². The summed E-state index contributed by atoms with van der Waals surface area (Å²) in [6, 6.07) is 20.3. The van der Waals surface area contributed by atoms with Gasteiger partial charge in [0.25, 0.3) is 0 Å². The highest BCUT2D eigenvalue weighted by atomic mass is 79.9. The molecule has 5 rings (SSSR count). The number of halogens is 1. The number of anilines is 1. The molecule has 0 aliphatic carbocycles. The highest BCUT2D eigenvalue weighted by Gasteiger charge is 2.42. The topological polar surface area (TPSA) is 46.2 Å². The normalized spacial score (nSPS) is 18.4. The van der Waals surface area contributed by atoms with Gasteiger partial charge in [0.15, 0.2) is 5.11 Å². The van der Waals surface area contributed by atoms with Crippen LogP contribution in [0, 0.1) is 6.92 Å². The lowest BCUT2D eigenvalue weighted by Gasteiger charge is -2.29. The molecule has 0 spiro atoms. The zero-order valence-corrected chi connectivity index (χ0v) is 19.3. The van der Waals surface area contributed by atoms with Gasteiger partial charge in [-0.25, -0.2) is 0 Å². The zero-order valence-electron chi connectivity index (χ0n) is 16.9. The van der Waals surface area contributed by atoms with Crippen molar-refractivity contribution in [1.82, 2.24) is 14.9 Å². The summed E-state index contributed by atoms with van der Waals surface area (Å²) in [4.78, 5) is 6.83. The van der Waals surface area contributed by atoms with Crippen molar-refractivity contribution in [2.75, 3.05) is 4.90 Å². The molecule has 1 fully saturated rings. The number of hydrogen-bond donors (Lipinski definition) is 1. The maximum atomic E-state index is 5.83. The number of nitrogens with zero attached hydrogens (tertiary/aromatic N) is 3. The van der Waals surface area contributed by atoms with E-state index in [0.717, 1.165) is 32.9 Å². The molecule has 1 aliphatic rings. The van der Waals surface area contributed by atoms with Crippen molar-refractivity contribution in [3.63, 3.8) is 0 Å². The molecular weight excluding hydrogens is 472 g/mol. The number of aromatic nitrogens is 2. The fraction of sp³-hybridized carbons (Fsp3) is 0.167. The molecule has 7 heteroatoms. The summed E-state index contributed by atoms with van der Waals surface area (Å²) in [5, 5.41) is 4.21. The van der Waals surface area contributed by atoms with Crippen LogP contribution in [0.4, 0.5) is 5.69 Å². The Morgan fingerprint density at radius 3 is 2.77 bits per heavy atom. The highest BCUT2D eigenvalue weighted by Crippen LogP contribution is 2.42. The quantitative estimate of drug-likeness (QED) is 0.358. The van der Waals surface area contributed by atoms with Gasteiger partial charge in [0.05, 0.1) is 24.5 Å². The molecule has 5 nitrogen and oxygen atoms in total. The van der Waals surface area contributed by atoms with Crippen molar-refractivity contribution < 1.29 is 4.42 Å². The number of aryl methyl sites for hydroxylation is 1. The van der Waals surface area contributed by atoms with Crippen LogP contribution in [0.3, 0.4) is 0 Å². The van der Waals surface area contributed by atoms with E-state index >= 15 is 0 Å². The van der Waals surface area contributed by atoms with Crippen LogP contribution in [-0.2, 0) is 6.54 Å². The van der Waals surface area contributed by atoms with Crippen molar-refractivity contribution in [3.8, 4) is 0 Å². The summed E-state index contributed by atoms with van der Waals surface area (Å²) in [5.74, 6) is 0.909. The third-order valence-corrected chi connectivity index (χ3v) is 6.80. The number of thiocarbonyl (C=S) groups is 1. The molecule has 1 saturated heterocycles. The molecular formula is C24H21BrN4OS. The Labute approximate surface area is 194 Å². The van der Waals surface area contributed by atoms with E-state index in [2.05, 4.69) is 79.2 Å². The summed E-state index contributed by atoms with van der Waals surface area (Å²) in [6.07, 6.45) is 5.61. The van der Waals surface area contributed by atoms with Crippen LogP contribution >= 0.6 is 28.1 Å². The molecule has 1 aliphatic heterocycles. The minimum atomic E-state index is -0.0806. The van der Waals surface area contributed by atoms with Crippen LogP contribution in [0.25, 0.3) is 0 Å². The van der Waals surface area contributed by atoms with Gasteiger partial charge in [0.1, 0.15) is 11.8 Å². The van der Waals surface area contributed by atoms with Crippen LogP contribution in [0.2, 0.25) is 0 Å². The second kappa shape index (κ2) is 8.32. The van der Waals surface area contributed by atoms with Gasteiger partial charge in [0, 0.05) is 28.2 Å². The van der Waals surface area contributed by atoms with Crippen molar-refractivity contribution in [3.05, 3.63) is 107 Å². The minimum Gasteiger partial charge on any atom is -0.467 e. The predicted molar refractivity (Wildman–Crippen MR) is 129 cm³/mol. The van der Waals surface area contributed by atoms with E-state index in [1.54, 1.807) is 6.26 Å². The molecule has 0 bridgehead atoms. The first-order valence-corrected chi connectivity index (χ1v) is 11.3. The van der Waals surface area contributed by atoms with Crippen molar-refractivity contribution >= 4 is 38.9 Å². The van der Waals surface area contributed by atoms with Crippen molar-refractivity contribution in [1.29, 1.82) is 0 Å². The molecule has 1 N–H and O–H groups in total. The number of hydrogen-bond acceptors (Lipinski definition) is 3. The average molecular weight is 493 g/mol. The first-order valence-electron chi connectivity index (χ1n) is 10.1. The van der Waals surface area contributed by atoms with E-state index in [9.17, 15) is 0 Å². The van der Waals surface area contributed by atoms with Gasteiger partial charge in [-0.15, -0.1) is 0 Å². The van der Waals surface area contributed by atoms with E-state index in [0.29, 0.717) is 11.7 Å². The Morgan fingerprint density at radius 2 is 2.03 bits per heavy atom. The Bertz CT molecular complexity index is 1210. The van der Waals surface area contributed by atoms with E-state index in [1.165, 1.54) is 0 Å². The average Bonchev–Trinajstić information content (AvgIpc) is 3.52. The van der Waals surface area contributed by atoms with Gasteiger partial charge >= 0.3 is 0 Å². The van der Waals surface area contributed by atoms with Gasteiger partial charge in [-0.3, -0.25) is 4.98 Å². The Balaban J connectivity index is 1.62. The van der Waals surface area contributed by atoms with Crippen LogP contribution in [0.15, 0.2) is 88.2 Å². The number of pyridine rings is 1. The maximum Gasteiger partial charge on any atom is 0.174 e. The third kappa shape index (κ3) is 3.79. The zero-order chi connectivity index (χ0) is 21.4. The number of nitrogens with one attached hydrogen (secondary N) is 1. The SMILES string of the molecule is Cc1cc(N2C(=S)N[C@@H](c3ccccn3)[C@H]2c2cccn2Cc2ccco2)ccc1Br. The van der Waals surface area contributed by atoms with E-state index in [1.807, 2.05) is 36.5 Å². The second-order valence-corrected chi connectivity index (χ2v) is 8.81. The largest absolute Gasteiger partial charge is 0.467 e. The first kappa shape index (κ1) is 20.0. The molecule has 156 valence electrons. The standard InChI is InChI=1S/C24H21BrN4OS/c1-16-14-17(9-10-19(16)25)29-23(22(27-24(29)31)20-7-2-3-11-26-20)21-8-4-12-28(21)15-18-6-5-13-30-18/h2-14,22-23H,15H2,1H3,(H,27,31)/t22-,23+/m0/s1. The van der Waals surface area contributed by atoms with Gasteiger partial charge in [-0.1, -0.05) is 22.0 Å². The molecule has 0 radical (unpaired) electrons. The fourth-order valence-electron chi connectivity index (χ4n) is 4.12. The summed E-state index contributed by atoms with van der Waals surface area (Å²) >= 11 is 9.44. The lowest BCUT2D eigenvalue weighted by Crippen LogP contribution is -2.30. The summed E-state index contributed by atoms with van der Waals surface area (Å²) in [5.41, 5.74) is 4.30. The van der Waals surface area contributed by atoms with Gasteiger partial charge < -0.3 is 19.2 Å². The molecule has 1 aromatic carbocycles. The maximum absolute atomic E-state index is 5.83. The second-order valence-electron chi connectivity index (χ2n) is 7.57. The van der Waals surface area contributed by atoms with E-state index in [4.69, 9.17) is 16.6 Å². The Morgan fingerprint density at radius 1 is 1.13 bits per heavy atom. The fourth-order valence-corrected chi connectivity index (χ4v) is 4.71. The summed E-state index contributed by atoms with van der Waals surface area (Å²) in [6.45, 7) is 2.74. The number of furan rings is 1. The smallest absolute Gasteiger partial charge is 0.174 e. The van der Waals surface area contributed by atoms with Crippen LogP contribution in [-0.4, -0.2) is 14.7 Å². The minimum absolute atomic E-state index is 0.0621. The monoisotopic (exact) mass is 492 g/mol. The van der Waals surface area contributed by atoms with Crippen molar-refractivity contribution in [2.45, 2.75) is 25.6 Å². The molecule has 0 saturated carbocycles. The first-order chi connectivity index (χ1) is 15.1. The summed E-state index contributed by atoms with van der Waals surface area (Å²) in [7, 11) is 0. The number of rotatable bonds is 5. The molecule has 4 heterocycles. The molecule has 31 heavy (non-hydrogen) atoms. The van der Waals surface area contributed by atoms with Crippen molar-refractivity contribution in [2.24, 2.45) is 0 Å². The lowest BCUT2D eigenvalue weighted by atomic mass is 10.0. The van der Waals surface area contributed by atoms with Crippen LogP contribution in [0.1, 0.15) is 34.8 Å². The highest BCUT2D eigenvalue weighted by molar-refractivity contribution is 9.10. The lowest BCUT2D eigenvalue weighted by molar-refractivity contribution is 0.475. The van der Waals surface area contributed by atoms with Gasteiger partial charge in [-0.2, -0.15) is 0 Å². The molecule has 0 amide bonds. The van der Waals surface area contributed by atoms with Gasteiger partial charge in [-0.05, 0) is 79.3 Å². The molecule has 4 aromatic rings. The molecule has 2 atom stereocenters. The predicted octanol–water partition coefficient (Wildman–Crippen LogP) is 5.77.